The van der Waals surface area contributed by atoms with E-state index in [0.29, 0.717) is 0 Å². The first-order valence-electron chi connectivity index (χ1n) is 5.66. The van der Waals surface area contributed by atoms with Gasteiger partial charge >= 0.3 is 0 Å². The molecule has 0 saturated carbocycles. The number of rotatable bonds is 4. The standard InChI is InChI=1S/C14H17NO/c1-3-15-10-13-7-8-14(16-13)12-6-4-5-11(2)9-12/h4-9,15H,3,10H2,1-2H3. The summed E-state index contributed by atoms with van der Waals surface area (Å²) in [7, 11) is 0. The molecule has 0 aliphatic carbocycles. The van der Waals surface area contributed by atoms with Gasteiger partial charge in [-0.05, 0) is 31.7 Å². The van der Waals surface area contributed by atoms with E-state index < -0.39 is 0 Å². The monoisotopic (exact) mass is 215 g/mol. The smallest absolute Gasteiger partial charge is 0.134 e. The quantitative estimate of drug-likeness (QED) is 0.846. The van der Waals surface area contributed by atoms with Gasteiger partial charge < -0.3 is 9.73 Å². The molecule has 0 fully saturated rings. The fourth-order valence-electron chi connectivity index (χ4n) is 1.67. The van der Waals surface area contributed by atoms with Gasteiger partial charge in [-0.2, -0.15) is 0 Å². The van der Waals surface area contributed by atoms with Gasteiger partial charge in [-0.1, -0.05) is 30.7 Å². The minimum absolute atomic E-state index is 0.794. The summed E-state index contributed by atoms with van der Waals surface area (Å²) in [5.74, 6) is 1.93. The molecule has 2 aromatic rings. The molecule has 0 saturated heterocycles. The Kier molecular flexibility index (Phi) is 3.42. The third kappa shape index (κ3) is 2.52. The molecule has 2 heteroatoms. The Balaban J connectivity index is 2.18. The average molecular weight is 215 g/mol. The molecule has 84 valence electrons. The summed E-state index contributed by atoms with van der Waals surface area (Å²) in [6.45, 7) is 5.93. The van der Waals surface area contributed by atoms with E-state index in [0.717, 1.165) is 30.2 Å². The molecular weight excluding hydrogens is 198 g/mol. The van der Waals surface area contributed by atoms with Crippen molar-refractivity contribution in [3.63, 3.8) is 0 Å². The predicted molar refractivity (Wildman–Crippen MR) is 66.3 cm³/mol. The molecule has 1 heterocycles. The fourth-order valence-corrected chi connectivity index (χ4v) is 1.67. The highest BCUT2D eigenvalue weighted by atomic mass is 16.3. The Morgan fingerprint density at radius 3 is 2.81 bits per heavy atom. The van der Waals surface area contributed by atoms with Gasteiger partial charge in [0.25, 0.3) is 0 Å². The predicted octanol–water partition coefficient (Wildman–Crippen LogP) is 3.36. The van der Waals surface area contributed by atoms with E-state index in [-0.39, 0.29) is 0 Å². The summed E-state index contributed by atoms with van der Waals surface area (Å²) >= 11 is 0. The molecule has 0 spiro atoms. The van der Waals surface area contributed by atoms with Crippen LogP contribution in [-0.2, 0) is 6.54 Å². The molecule has 1 aromatic carbocycles. The van der Waals surface area contributed by atoms with E-state index in [9.17, 15) is 0 Å². The van der Waals surface area contributed by atoms with E-state index in [4.69, 9.17) is 4.42 Å². The van der Waals surface area contributed by atoms with E-state index in [1.54, 1.807) is 0 Å². The van der Waals surface area contributed by atoms with E-state index in [1.165, 1.54) is 5.56 Å². The summed E-state index contributed by atoms with van der Waals surface area (Å²) in [6.07, 6.45) is 0. The van der Waals surface area contributed by atoms with Crippen LogP contribution >= 0.6 is 0 Å². The highest BCUT2D eigenvalue weighted by Crippen LogP contribution is 2.22. The molecule has 0 aliphatic rings. The van der Waals surface area contributed by atoms with E-state index in [2.05, 4.69) is 43.4 Å². The number of benzene rings is 1. The molecule has 2 rings (SSSR count). The molecule has 16 heavy (non-hydrogen) atoms. The van der Waals surface area contributed by atoms with Crippen molar-refractivity contribution >= 4 is 0 Å². The summed E-state index contributed by atoms with van der Waals surface area (Å²) in [4.78, 5) is 0. The van der Waals surface area contributed by atoms with Crippen LogP contribution in [0, 0.1) is 6.92 Å². The Hall–Kier alpha value is -1.54. The third-order valence-electron chi connectivity index (χ3n) is 2.51. The van der Waals surface area contributed by atoms with Crippen LogP contribution in [-0.4, -0.2) is 6.54 Å². The van der Waals surface area contributed by atoms with E-state index in [1.807, 2.05) is 12.1 Å². The van der Waals surface area contributed by atoms with Crippen LogP contribution in [0.15, 0.2) is 40.8 Å². The maximum Gasteiger partial charge on any atom is 0.134 e. The molecule has 0 radical (unpaired) electrons. The number of nitrogens with one attached hydrogen (secondary N) is 1. The van der Waals surface area contributed by atoms with Gasteiger partial charge in [-0.3, -0.25) is 0 Å². The van der Waals surface area contributed by atoms with Gasteiger partial charge in [0.05, 0.1) is 6.54 Å². The molecule has 0 unspecified atom stereocenters. The fraction of sp³-hybridized carbons (Fsp3) is 0.286. The Morgan fingerprint density at radius 1 is 1.19 bits per heavy atom. The Morgan fingerprint density at radius 2 is 2.06 bits per heavy atom. The second-order valence-corrected chi connectivity index (χ2v) is 3.92. The van der Waals surface area contributed by atoms with E-state index >= 15 is 0 Å². The van der Waals surface area contributed by atoms with Crippen LogP contribution in [0.2, 0.25) is 0 Å². The molecule has 0 amide bonds. The van der Waals surface area contributed by atoms with Crippen LogP contribution in [0.3, 0.4) is 0 Å². The summed E-state index contributed by atoms with van der Waals surface area (Å²) in [6, 6.07) is 12.4. The zero-order valence-corrected chi connectivity index (χ0v) is 9.79. The number of furan rings is 1. The summed E-state index contributed by atoms with van der Waals surface area (Å²) in [5.41, 5.74) is 2.39. The molecule has 1 aromatic heterocycles. The Labute approximate surface area is 96.3 Å². The maximum absolute atomic E-state index is 5.76. The first kappa shape index (κ1) is 11.0. The Bertz CT molecular complexity index is 459. The first-order valence-corrected chi connectivity index (χ1v) is 5.66. The first-order chi connectivity index (χ1) is 7.79. The highest BCUT2D eigenvalue weighted by Gasteiger charge is 2.03. The lowest BCUT2D eigenvalue weighted by atomic mass is 10.1. The van der Waals surface area contributed by atoms with Crippen molar-refractivity contribution in [3.05, 3.63) is 47.7 Å². The SMILES string of the molecule is CCNCc1ccc(-c2cccc(C)c2)o1. The second kappa shape index (κ2) is 4.99. The summed E-state index contributed by atoms with van der Waals surface area (Å²) < 4.78 is 5.76. The van der Waals surface area contributed by atoms with Crippen molar-refractivity contribution in [1.82, 2.24) is 5.32 Å². The topological polar surface area (TPSA) is 25.2 Å². The van der Waals surface area contributed by atoms with Crippen molar-refractivity contribution in [2.75, 3.05) is 6.54 Å². The van der Waals surface area contributed by atoms with Gasteiger partial charge in [0.1, 0.15) is 11.5 Å². The van der Waals surface area contributed by atoms with Crippen molar-refractivity contribution in [2.24, 2.45) is 0 Å². The van der Waals surface area contributed by atoms with Crippen LogP contribution < -0.4 is 5.32 Å². The van der Waals surface area contributed by atoms with Gasteiger partial charge in [0.15, 0.2) is 0 Å². The van der Waals surface area contributed by atoms with Gasteiger partial charge in [-0.25, -0.2) is 0 Å². The minimum atomic E-state index is 0.794. The molecule has 1 N–H and O–H groups in total. The summed E-state index contributed by atoms with van der Waals surface area (Å²) in [5, 5.41) is 3.25. The van der Waals surface area contributed by atoms with Gasteiger partial charge in [0.2, 0.25) is 0 Å². The average Bonchev–Trinajstić information content (AvgIpc) is 2.75. The van der Waals surface area contributed by atoms with Crippen molar-refractivity contribution in [1.29, 1.82) is 0 Å². The normalized spacial score (nSPS) is 10.6. The van der Waals surface area contributed by atoms with Crippen molar-refractivity contribution in [3.8, 4) is 11.3 Å². The van der Waals surface area contributed by atoms with Crippen molar-refractivity contribution in [2.45, 2.75) is 20.4 Å². The lowest BCUT2D eigenvalue weighted by Gasteiger charge is -1.99. The third-order valence-corrected chi connectivity index (χ3v) is 2.51. The van der Waals surface area contributed by atoms with Crippen molar-refractivity contribution < 1.29 is 4.42 Å². The molecule has 0 bridgehead atoms. The van der Waals surface area contributed by atoms with Crippen LogP contribution in [0.1, 0.15) is 18.2 Å². The largest absolute Gasteiger partial charge is 0.460 e. The second-order valence-electron chi connectivity index (χ2n) is 3.92. The van der Waals surface area contributed by atoms with Crippen LogP contribution in [0.4, 0.5) is 0 Å². The number of hydrogen-bond acceptors (Lipinski definition) is 2. The van der Waals surface area contributed by atoms with Gasteiger partial charge in [0, 0.05) is 5.56 Å². The molecule has 0 atom stereocenters. The zero-order chi connectivity index (χ0) is 11.4. The molecule has 2 nitrogen and oxygen atoms in total. The van der Waals surface area contributed by atoms with Crippen LogP contribution in [0.25, 0.3) is 11.3 Å². The number of aryl methyl sites for hydroxylation is 1. The highest BCUT2D eigenvalue weighted by molar-refractivity contribution is 5.58. The maximum atomic E-state index is 5.76. The molecular formula is C14H17NO. The zero-order valence-electron chi connectivity index (χ0n) is 9.79. The molecule has 0 aliphatic heterocycles. The van der Waals surface area contributed by atoms with Crippen LogP contribution in [0.5, 0.6) is 0 Å². The number of hydrogen-bond donors (Lipinski definition) is 1. The lowest BCUT2D eigenvalue weighted by molar-refractivity contribution is 0.498. The lowest BCUT2D eigenvalue weighted by Crippen LogP contribution is -2.10. The minimum Gasteiger partial charge on any atom is -0.460 e. The van der Waals surface area contributed by atoms with Gasteiger partial charge in [-0.15, -0.1) is 0 Å².